The average molecular weight is 152 g/mol. The van der Waals surface area contributed by atoms with Gasteiger partial charge in [0.05, 0.1) is 7.11 Å². The first-order chi connectivity index (χ1) is 3.84. The molecule has 1 rings (SSSR count). The molecule has 0 aromatic heterocycles. The Morgan fingerprint density at radius 3 is 2.56 bits per heavy atom. The molecule has 0 atom stereocenters. The van der Waals surface area contributed by atoms with E-state index in [2.05, 4.69) is 0 Å². The first-order valence-electron chi connectivity index (χ1n) is 2.69. The van der Waals surface area contributed by atoms with Gasteiger partial charge in [-0.05, 0) is 6.42 Å². The Balaban J connectivity index is 0.000000640. The van der Waals surface area contributed by atoms with Crippen molar-refractivity contribution >= 4 is 18.3 Å². The van der Waals surface area contributed by atoms with Crippen molar-refractivity contribution in [3.63, 3.8) is 0 Å². The number of hydrogen-bond acceptors (Lipinski definition) is 2. The summed E-state index contributed by atoms with van der Waals surface area (Å²) >= 11 is 0. The summed E-state index contributed by atoms with van der Waals surface area (Å²) in [6, 6.07) is 0. The molecule has 1 aliphatic rings. The van der Waals surface area contributed by atoms with Gasteiger partial charge >= 0.3 is 0 Å². The number of nitrogens with zero attached hydrogens (tertiary/aromatic N) is 1. The topological polar surface area (TPSA) is 29.5 Å². The predicted molar refractivity (Wildman–Crippen MR) is 35.2 cm³/mol. The van der Waals surface area contributed by atoms with E-state index in [0.29, 0.717) is 6.42 Å². The maximum absolute atomic E-state index is 10.6. The van der Waals surface area contributed by atoms with Crippen LogP contribution in [0.4, 0.5) is 0 Å². The minimum atomic E-state index is 0. The minimum Gasteiger partial charge on any atom is -0.274 e. The van der Waals surface area contributed by atoms with Crippen LogP contribution in [0.1, 0.15) is 12.8 Å². The molecule has 0 aromatic rings. The van der Waals surface area contributed by atoms with Crippen molar-refractivity contribution < 1.29 is 9.63 Å². The maximum atomic E-state index is 10.6. The molecule has 3 nitrogen and oxygen atoms in total. The molecule has 9 heavy (non-hydrogen) atoms. The van der Waals surface area contributed by atoms with Gasteiger partial charge < -0.3 is 0 Å². The number of carbonyl (C=O) groups excluding carboxylic acids is 1. The number of hydroxylamine groups is 2. The normalized spacial score (nSPS) is 17.9. The molecule has 1 saturated heterocycles. The molecule has 0 aromatic carbocycles. The fraction of sp³-hybridized carbons (Fsp3) is 0.800. The summed E-state index contributed by atoms with van der Waals surface area (Å²) in [5.74, 6) is 0.104. The van der Waals surface area contributed by atoms with Crippen LogP contribution in [-0.4, -0.2) is 24.6 Å². The van der Waals surface area contributed by atoms with Crippen molar-refractivity contribution in [2.45, 2.75) is 12.8 Å². The molecule has 4 heteroatoms. The summed E-state index contributed by atoms with van der Waals surface area (Å²) < 4.78 is 0. The zero-order valence-corrected chi connectivity index (χ0v) is 6.11. The lowest BCUT2D eigenvalue weighted by atomic mass is 10.4. The van der Waals surface area contributed by atoms with E-state index in [9.17, 15) is 4.79 Å². The van der Waals surface area contributed by atoms with Crippen molar-refractivity contribution in [3.8, 4) is 0 Å². The lowest BCUT2D eigenvalue weighted by molar-refractivity contribution is -0.167. The molecular formula is C5H10ClNO2. The molecule has 0 bridgehead atoms. The van der Waals surface area contributed by atoms with Gasteiger partial charge in [0, 0.05) is 13.0 Å². The van der Waals surface area contributed by atoms with Gasteiger partial charge in [-0.1, -0.05) is 0 Å². The molecule has 0 saturated carbocycles. The second kappa shape index (κ2) is 3.69. The molecule has 0 unspecified atom stereocenters. The van der Waals surface area contributed by atoms with E-state index in [1.165, 1.54) is 12.2 Å². The Bertz CT molecular complexity index is 107. The highest BCUT2D eigenvalue weighted by molar-refractivity contribution is 5.85. The Hall–Kier alpha value is -0.280. The second-order valence-corrected chi connectivity index (χ2v) is 1.78. The third-order valence-corrected chi connectivity index (χ3v) is 1.25. The first kappa shape index (κ1) is 8.72. The van der Waals surface area contributed by atoms with Crippen LogP contribution in [0.2, 0.25) is 0 Å². The molecule has 0 N–H and O–H groups in total. The monoisotopic (exact) mass is 151 g/mol. The third kappa shape index (κ3) is 1.84. The number of amides is 1. The lowest BCUT2D eigenvalue weighted by Gasteiger charge is -2.09. The smallest absolute Gasteiger partial charge is 0.246 e. The average Bonchev–Trinajstić information content (AvgIpc) is 2.14. The van der Waals surface area contributed by atoms with Crippen LogP contribution in [0, 0.1) is 0 Å². The van der Waals surface area contributed by atoms with Gasteiger partial charge in [0.2, 0.25) is 5.91 Å². The van der Waals surface area contributed by atoms with Crippen molar-refractivity contribution in [2.75, 3.05) is 13.7 Å². The van der Waals surface area contributed by atoms with Crippen molar-refractivity contribution in [1.82, 2.24) is 5.06 Å². The third-order valence-electron chi connectivity index (χ3n) is 1.25. The van der Waals surface area contributed by atoms with Gasteiger partial charge in [-0.25, -0.2) is 5.06 Å². The Kier molecular flexibility index (Phi) is 3.58. The van der Waals surface area contributed by atoms with E-state index < -0.39 is 0 Å². The van der Waals surface area contributed by atoms with Gasteiger partial charge in [-0.2, -0.15) is 0 Å². The summed E-state index contributed by atoms with van der Waals surface area (Å²) in [4.78, 5) is 15.3. The number of hydrogen-bond donors (Lipinski definition) is 0. The van der Waals surface area contributed by atoms with E-state index in [0.717, 1.165) is 13.0 Å². The van der Waals surface area contributed by atoms with Crippen LogP contribution >= 0.6 is 12.4 Å². The van der Waals surface area contributed by atoms with Gasteiger partial charge in [-0.15, -0.1) is 12.4 Å². The molecule has 1 heterocycles. The van der Waals surface area contributed by atoms with E-state index in [1.807, 2.05) is 0 Å². The van der Waals surface area contributed by atoms with Crippen LogP contribution in [0.15, 0.2) is 0 Å². The van der Waals surface area contributed by atoms with Gasteiger partial charge in [0.25, 0.3) is 0 Å². The number of halogens is 1. The molecule has 1 amide bonds. The van der Waals surface area contributed by atoms with Crippen LogP contribution in [0.3, 0.4) is 0 Å². The van der Waals surface area contributed by atoms with Crippen molar-refractivity contribution in [2.24, 2.45) is 0 Å². The summed E-state index contributed by atoms with van der Waals surface area (Å²) in [5, 5.41) is 1.39. The first-order valence-corrected chi connectivity index (χ1v) is 2.69. The zero-order chi connectivity index (χ0) is 5.98. The molecule has 1 fully saturated rings. The molecule has 0 aliphatic carbocycles. The summed E-state index contributed by atoms with van der Waals surface area (Å²) in [6.07, 6.45) is 1.58. The van der Waals surface area contributed by atoms with Crippen LogP contribution < -0.4 is 0 Å². The molecule has 54 valence electrons. The molecule has 1 aliphatic heterocycles. The van der Waals surface area contributed by atoms with E-state index in [4.69, 9.17) is 4.84 Å². The summed E-state index contributed by atoms with van der Waals surface area (Å²) in [5.41, 5.74) is 0. The fourth-order valence-electron chi connectivity index (χ4n) is 0.816. The van der Waals surface area contributed by atoms with Crippen LogP contribution in [0.25, 0.3) is 0 Å². The predicted octanol–water partition coefficient (Wildman–Crippen LogP) is 0.592. The van der Waals surface area contributed by atoms with Crippen molar-refractivity contribution in [1.29, 1.82) is 0 Å². The SMILES string of the molecule is CON1CCCC1=O.Cl. The lowest BCUT2D eigenvalue weighted by Crippen LogP contribution is -2.22. The molecular weight excluding hydrogens is 142 g/mol. The minimum absolute atomic E-state index is 0. The summed E-state index contributed by atoms with van der Waals surface area (Å²) in [6.45, 7) is 0.759. The highest BCUT2D eigenvalue weighted by atomic mass is 35.5. The van der Waals surface area contributed by atoms with E-state index >= 15 is 0 Å². The van der Waals surface area contributed by atoms with Crippen molar-refractivity contribution in [3.05, 3.63) is 0 Å². The van der Waals surface area contributed by atoms with E-state index in [-0.39, 0.29) is 18.3 Å². The largest absolute Gasteiger partial charge is 0.274 e. The second-order valence-electron chi connectivity index (χ2n) is 1.78. The maximum Gasteiger partial charge on any atom is 0.246 e. The Labute approximate surface area is 60.3 Å². The van der Waals surface area contributed by atoms with Crippen LogP contribution in [0.5, 0.6) is 0 Å². The molecule has 0 radical (unpaired) electrons. The van der Waals surface area contributed by atoms with Crippen LogP contribution in [-0.2, 0) is 9.63 Å². The fourth-order valence-corrected chi connectivity index (χ4v) is 0.816. The quantitative estimate of drug-likeness (QED) is 0.549. The zero-order valence-electron chi connectivity index (χ0n) is 5.29. The Morgan fingerprint density at radius 1 is 1.67 bits per heavy atom. The van der Waals surface area contributed by atoms with Gasteiger partial charge in [0.1, 0.15) is 0 Å². The highest BCUT2D eigenvalue weighted by Crippen LogP contribution is 2.07. The number of carbonyl (C=O) groups is 1. The number of rotatable bonds is 1. The van der Waals surface area contributed by atoms with Gasteiger partial charge in [0.15, 0.2) is 0 Å². The molecule has 0 spiro atoms. The van der Waals surface area contributed by atoms with E-state index in [1.54, 1.807) is 0 Å². The summed E-state index contributed by atoms with van der Waals surface area (Å²) in [7, 11) is 1.52. The Morgan fingerprint density at radius 2 is 2.33 bits per heavy atom. The standard InChI is InChI=1S/C5H9NO2.ClH/c1-8-6-4-2-3-5(6)7;/h2-4H2,1H3;1H. The highest BCUT2D eigenvalue weighted by Gasteiger charge is 2.18. The van der Waals surface area contributed by atoms with Gasteiger partial charge in [-0.3, -0.25) is 9.63 Å².